The van der Waals surface area contributed by atoms with Crippen molar-refractivity contribution in [1.82, 2.24) is 9.36 Å². The van der Waals surface area contributed by atoms with Gasteiger partial charge < -0.3 is 15.9 Å². The summed E-state index contributed by atoms with van der Waals surface area (Å²) >= 11 is 1.65. The normalized spacial score (nSPS) is 10.6. The molecule has 9 nitrogen and oxygen atoms in total. The first kappa shape index (κ1) is 27.4. The van der Waals surface area contributed by atoms with Crippen molar-refractivity contribution in [1.29, 1.82) is 0 Å². The number of nitrogens with zero attached hydrogens (tertiary/aromatic N) is 2. The Balaban J connectivity index is 1.99. The lowest BCUT2D eigenvalue weighted by Gasteiger charge is -2.19. The Morgan fingerprint density at radius 3 is 1.69 bits per heavy atom. The van der Waals surface area contributed by atoms with Crippen LogP contribution < -0.4 is 16.9 Å². The number of nitrogens with two attached hydrogens (primary N) is 1. The molecule has 0 saturated heterocycles. The number of nitrogen functional groups attached to an aromatic ring is 1. The highest BCUT2D eigenvalue weighted by Gasteiger charge is 2.24. The average Bonchev–Trinajstić information content (AvgIpc) is 2.92. The molecular weight excluding hydrogens is 538 g/mol. The van der Waals surface area contributed by atoms with E-state index in [2.05, 4.69) is 5.92 Å². The maximum absolute atomic E-state index is 14.0. The van der Waals surface area contributed by atoms with Gasteiger partial charge in [-0.2, -0.15) is 0 Å². The number of rotatable bonds is 9. The molecule has 11 heteroatoms. The highest BCUT2D eigenvalue weighted by Crippen LogP contribution is 2.37. The van der Waals surface area contributed by atoms with E-state index in [0.717, 1.165) is 28.2 Å². The molecule has 0 radical (unpaired) electrons. The molecule has 3 aromatic carbocycles. The van der Waals surface area contributed by atoms with Gasteiger partial charge in [0, 0.05) is 15.5 Å². The second kappa shape index (κ2) is 11.8. The first-order chi connectivity index (χ1) is 18.7. The van der Waals surface area contributed by atoms with Crippen molar-refractivity contribution in [3.63, 3.8) is 0 Å². The summed E-state index contributed by atoms with van der Waals surface area (Å²) in [4.78, 5) is 52.0. The number of aromatic carboxylic acids is 2. The monoisotopic (exact) mass is 559 g/mol. The Kier molecular flexibility index (Phi) is 8.29. The number of aromatic nitrogens is 2. The van der Waals surface area contributed by atoms with E-state index in [0.29, 0.717) is 11.3 Å². The fraction of sp³-hybridized carbons (Fsp3) is 0.0714. The third-order valence-corrected chi connectivity index (χ3v) is 8.01. The van der Waals surface area contributed by atoms with E-state index in [1.807, 2.05) is 0 Å². The summed E-state index contributed by atoms with van der Waals surface area (Å²) in [6, 6.07) is 18.9. The molecule has 4 aromatic rings. The van der Waals surface area contributed by atoms with Gasteiger partial charge >= 0.3 is 11.9 Å². The summed E-state index contributed by atoms with van der Waals surface area (Å²) in [6.45, 7) is -0.241. The lowest BCUT2D eigenvalue weighted by molar-refractivity contribution is 0.0682. The van der Waals surface area contributed by atoms with E-state index >= 15 is 0 Å². The van der Waals surface area contributed by atoms with Gasteiger partial charge in [0.15, 0.2) is 0 Å². The second-order valence-electron chi connectivity index (χ2n) is 8.14. The molecule has 4 rings (SSSR count). The van der Waals surface area contributed by atoms with Gasteiger partial charge in [-0.15, -0.1) is 6.42 Å². The Labute approximate surface area is 230 Å². The van der Waals surface area contributed by atoms with Crippen LogP contribution in [0.3, 0.4) is 0 Å². The average molecular weight is 560 g/mol. The maximum Gasteiger partial charge on any atom is 0.336 e. The minimum absolute atomic E-state index is 0.0131. The predicted octanol–water partition coefficient (Wildman–Crippen LogP) is 3.97. The van der Waals surface area contributed by atoms with Gasteiger partial charge in [0.1, 0.15) is 6.54 Å². The van der Waals surface area contributed by atoms with E-state index in [4.69, 9.17) is 12.2 Å². The molecule has 0 aliphatic rings. The second-order valence-corrected chi connectivity index (χ2v) is 10.2. The fourth-order valence-electron chi connectivity index (χ4n) is 3.71. The molecule has 0 spiro atoms. The molecule has 0 atom stereocenters. The third-order valence-electron chi connectivity index (χ3n) is 5.57. The van der Waals surface area contributed by atoms with Crippen molar-refractivity contribution in [3.8, 4) is 12.3 Å². The molecule has 39 heavy (non-hydrogen) atoms. The van der Waals surface area contributed by atoms with Gasteiger partial charge in [0.25, 0.3) is 11.1 Å². The zero-order chi connectivity index (χ0) is 28.1. The van der Waals surface area contributed by atoms with Gasteiger partial charge in [0.05, 0.1) is 27.5 Å². The Bertz CT molecular complexity index is 1740. The zero-order valence-electron chi connectivity index (χ0n) is 20.2. The minimum Gasteiger partial charge on any atom is -0.478 e. The van der Waals surface area contributed by atoms with Crippen LogP contribution in [0.15, 0.2) is 102 Å². The molecule has 4 N–H and O–H groups in total. The summed E-state index contributed by atoms with van der Waals surface area (Å²) < 4.78 is 2.32. The van der Waals surface area contributed by atoms with Crippen molar-refractivity contribution in [3.05, 3.63) is 110 Å². The summed E-state index contributed by atoms with van der Waals surface area (Å²) in [7, 11) is 0. The predicted molar refractivity (Wildman–Crippen MR) is 149 cm³/mol. The first-order valence-electron chi connectivity index (χ1n) is 11.4. The van der Waals surface area contributed by atoms with Gasteiger partial charge in [-0.25, -0.2) is 19.0 Å². The van der Waals surface area contributed by atoms with Crippen LogP contribution in [0, 0.1) is 12.3 Å². The SMILES string of the molecule is C#CCn1c(=O)c(Sc2ccccc2C(=O)O)c(Sc2ccccc2C(=O)O)c(=O)n1Cc1ccc(N)cc1. The van der Waals surface area contributed by atoms with Gasteiger partial charge in [0.2, 0.25) is 0 Å². The van der Waals surface area contributed by atoms with Gasteiger partial charge in [-0.05, 0) is 42.0 Å². The van der Waals surface area contributed by atoms with E-state index in [1.54, 1.807) is 48.5 Å². The number of benzene rings is 3. The number of anilines is 1. The number of hydrogen-bond acceptors (Lipinski definition) is 7. The van der Waals surface area contributed by atoms with Crippen molar-refractivity contribution >= 4 is 41.1 Å². The van der Waals surface area contributed by atoms with Crippen LogP contribution in [-0.2, 0) is 13.1 Å². The van der Waals surface area contributed by atoms with Crippen LogP contribution in [0.2, 0.25) is 0 Å². The molecule has 196 valence electrons. The summed E-state index contributed by atoms with van der Waals surface area (Å²) in [6.07, 6.45) is 5.55. The van der Waals surface area contributed by atoms with E-state index < -0.39 is 23.1 Å². The quantitative estimate of drug-likeness (QED) is 0.205. The fourth-order valence-corrected chi connectivity index (χ4v) is 5.97. The van der Waals surface area contributed by atoms with Crippen molar-refractivity contribution in [2.24, 2.45) is 0 Å². The number of carboxylic acid groups (broad SMARTS) is 2. The Hall–Kier alpha value is -4.66. The number of carbonyl (C=O) groups is 2. The van der Waals surface area contributed by atoms with E-state index in [-0.39, 0.29) is 43.8 Å². The zero-order valence-corrected chi connectivity index (χ0v) is 21.9. The van der Waals surface area contributed by atoms with Gasteiger partial charge in [-0.1, -0.05) is 65.8 Å². The molecule has 0 aliphatic carbocycles. The third kappa shape index (κ3) is 5.93. The molecule has 1 heterocycles. The van der Waals surface area contributed by atoms with Crippen LogP contribution in [0.4, 0.5) is 5.69 Å². The molecule has 0 amide bonds. The largest absolute Gasteiger partial charge is 0.478 e. The van der Waals surface area contributed by atoms with Crippen molar-refractivity contribution in [2.75, 3.05) is 5.73 Å². The Morgan fingerprint density at radius 1 is 0.769 bits per heavy atom. The number of terminal acetylenes is 1. The maximum atomic E-state index is 14.0. The van der Waals surface area contributed by atoms with E-state index in [9.17, 15) is 29.4 Å². The highest BCUT2D eigenvalue weighted by atomic mass is 32.2. The Morgan fingerprint density at radius 2 is 1.23 bits per heavy atom. The highest BCUT2D eigenvalue weighted by molar-refractivity contribution is 8.02. The van der Waals surface area contributed by atoms with Crippen LogP contribution in [0.5, 0.6) is 0 Å². The van der Waals surface area contributed by atoms with Gasteiger partial charge in [-0.3, -0.25) is 9.59 Å². The topological polar surface area (TPSA) is 145 Å². The minimum atomic E-state index is -1.20. The van der Waals surface area contributed by atoms with Crippen LogP contribution in [0.25, 0.3) is 0 Å². The molecule has 0 bridgehead atoms. The van der Waals surface area contributed by atoms with Crippen LogP contribution in [-0.4, -0.2) is 31.5 Å². The van der Waals surface area contributed by atoms with Crippen LogP contribution in [0.1, 0.15) is 26.3 Å². The molecule has 0 aliphatic heterocycles. The number of hydrogen-bond donors (Lipinski definition) is 3. The lowest BCUT2D eigenvalue weighted by Crippen LogP contribution is -2.40. The summed E-state index contributed by atoms with van der Waals surface area (Å²) in [5, 5.41) is 19.4. The molecule has 0 fully saturated rings. The molecular formula is C28H21N3O6S2. The summed E-state index contributed by atoms with van der Waals surface area (Å²) in [5.74, 6) is -0.0103. The summed E-state index contributed by atoms with van der Waals surface area (Å²) in [5.41, 5.74) is 5.65. The van der Waals surface area contributed by atoms with Crippen molar-refractivity contribution < 1.29 is 19.8 Å². The lowest BCUT2D eigenvalue weighted by atomic mass is 10.2. The first-order valence-corrected chi connectivity index (χ1v) is 13.0. The molecule has 1 aromatic heterocycles. The molecule has 0 unspecified atom stereocenters. The van der Waals surface area contributed by atoms with Crippen molar-refractivity contribution in [2.45, 2.75) is 32.7 Å². The van der Waals surface area contributed by atoms with Crippen LogP contribution >= 0.6 is 23.5 Å². The molecule has 0 saturated carbocycles. The smallest absolute Gasteiger partial charge is 0.336 e. The standard InChI is InChI=1S/C28H21N3O6S2/c1-2-15-30-25(32)23(38-21-9-5-3-7-19(21)27(34)35)24(39-22-10-6-4-8-20(22)28(36)37)26(33)31(30)16-17-11-13-18(29)14-12-17/h1,3-14H,15-16,29H2,(H,34,35)(H,36,37). The van der Waals surface area contributed by atoms with E-state index in [1.165, 1.54) is 28.9 Å². The number of carboxylic acids is 2.